The number of hydrogen-bond acceptors (Lipinski definition) is 5. The number of halogens is 4. The number of nitrogens with zero attached hydrogens (tertiary/aromatic N) is 4. The Bertz CT molecular complexity index is 1210. The molecule has 1 amide bonds. The first-order chi connectivity index (χ1) is 17.4. The maximum absolute atomic E-state index is 14.4. The van der Waals surface area contributed by atoms with Gasteiger partial charge in [0.1, 0.15) is 0 Å². The monoisotopic (exact) mass is 556 g/mol. The molecule has 0 aliphatic heterocycles. The molecular weight excluding hydrogens is 525 g/mol. The largest absolute Gasteiger partial charge is 0.481 e. The zero-order chi connectivity index (χ0) is 28.6. The number of Topliss-reactive ketones (excluding diaryl/α,β-unsaturated/α-hetero) is 1. The second kappa shape index (κ2) is 10.7. The van der Waals surface area contributed by atoms with E-state index in [1.54, 1.807) is 34.6 Å². The Morgan fingerprint density at radius 3 is 2.26 bits per heavy atom. The SMILES string of the molecule is Cc1cncc(Cl)c1C(=O)CN(CC(C)(C)C)C(=O)c1cnn(C2CCC(C)(C(=O)O)CC2)c1C(F)(F)F. The van der Waals surface area contributed by atoms with Crippen molar-refractivity contribution in [1.29, 1.82) is 0 Å². The standard InChI is InChI=1S/C26H32ClF3N4O4/c1-15-10-31-12-18(27)20(15)19(35)13-33(14-24(2,3)4)22(36)17-11-32-34(21(17)26(28,29)30)16-6-8-25(5,9-7-16)23(37)38/h10-12,16H,6-9,13-14H2,1-5H3,(H,37,38). The molecule has 2 aromatic heterocycles. The molecule has 12 heteroatoms. The molecule has 0 radical (unpaired) electrons. The number of aliphatic carboxylic acids is 1. The fraction of sp³-hybridized carbons (Fsp3) is 0.577. The number of carboxylic acid groups (broad SMARTS) is 1. The lowest BCUT2D eigenvalue weighted by Crippen LogP contribution is -2.42. The van der Waals surface area contributed by atoms with Gasteiger partial charge in [-0.15, -0.1) is 0 Å². The summed E-state index contributed by atoms with van der Waals surface area (Å²) in [6.45, 7) is 8.14. The van der Waals surface area contributed by atoms with Crippen LogP contribution in [0.5, 0.6) is 0 Å². The van der Waals surface area contributed by atoms with Crippen molar-refractivity contribution in [2.45, 2.75) is 72.5 Å². The minimum Gasteiger partial charge on any atom is -0.481 e. The summed E-state index contributed by atoms with van der Waals surface area (Å²) >= 11 is 6.17. The van der Waals surface area contributed by atoms with Gasteiger partial charge in [0.05, 0.1) is 34.8 Å². The van der Waals surface area contributed by atoms with Crippen molar-refractivity contribution in [1.82, 2.24) is 19.7 Å². The van der Waals surface area contributed by atoms with Gasteiger partial charge in [-0.2, -0.15) is 18.3 Å². The number of aromatic nitrogens is 3. The molecule has 1 N–H and O–H groups in total. The molecule has 0 aromatic carbocycles. The lowest BCUT2D eigenvalue weighted by atomic mass is 9.74. The highest BCUT2D eigenvalue weighted by molar-refractivity contribution is 6.34. The number of aryl methyl sites for hydroxylation is 1. The second-order valence-electron chi connectivity index (χ2n) is 11.4. The maximum Gasteiger partial charge on any atom is 0.433 e. The zero-order valence-electron chi connectivity index (χ0n) is 22.0. The highest BCUT2D eigenvalue weighted by Crippen LogP contribution is 2.43. The van der Waals surface area contributed by atoms with Crippen molar-refractivity contribution in [2.75, 3.05) is 13.1 Å². The van der Waals surface area contributed by atoms with Crippen LogP contribution in [0.1, 0.15) is 91.4 Å². The van der Waals surface area contributed by atoms with E-state index in [2.05, 4.69) is 10.1 Å². The van der Waals surface area contributed by atoms with Crippen LogP contribution in [0.3, 0.4) is 0 Å². The molecule has 8 nitrogen and oxygen atoms in total. The number of hydrogen-bond donors (Lipinski definition) is 1. The molecule has 0 unspecified atom stereocenters. The van der Waals surface area contributed by atoms with Gasteiger partial charge in [-0.3, -0.25) is 24.0 Å². The fourth-order valence-corrected chi connectivity index (χ4v) is 5.17. The van der Waals surface area contributed by atoms with Gasteiger partial charge in [-0.25, -0.2) is 0 Å². The summed E-state index contributed by atoms with van der Waals surface area (Å²) < 4.78 is 43.9. The third kappa shape index (κ3) is 6.36. The van der Waals surface area contributed by atoms with Crippen LogP contribution in [-0.4, -0.2) is 55.5 Å². The van der Waals surface area contributed by atoms with Crippen LogP contribution in [0.4, 0.5) is 13.2 Å². The summed E-state index contributed by atoms with van der Waals surface area (Å²) in [6.07, 6.45) is -0.563. The van der Waals surface area contributed by atoms with Crippen molar-refractivity contribution in [3.8, 4) is 0 Å². The Kier molecular flexibility index (Phi) is 8.31. The fourth-order valence-electron chi connectivity index (χ4n) is 4.86. The molecule has 0 atom stereocenters. The predicted molar refractivity (Wildman–Crippen MR) is 134 cm³/mol. The van der Waals surface area contributed by atoms with E-state index in [0.717, 1.165) is 15.8 Å². The molecule has 1 saturated carbocycles. The number of carbonyl (C=O) groups is 3. The van der Waals surface area contributed by atoms with Gasteiger partial charge < -0.3 is 10.0 Å². The third-order valence-electron chi connectivity index (χ3n) is 6.87. The lowest BCUT2D eigenvalue weighted by molar-refractivity contribution is -0.152. The highest BCUT2D eigenvalue weighted by atomic mass is 35.5. The summed E-state index contributed by atoms with van der Waals surface area (Å²) in [5, 5.41) is 13.5. The van der Waals surface area contributed by atoms with Crippen LogP contribution in [0.2, 0.25) is 5.02 Å². The van der Waals surface area contributed by atoms with Gasteiger partial charge in [-0.05, 0) is 50.5 Å². The van der Waals surface area contributed by atoms with Crippen LogP contribution in [-0.2, 0) is 11.0 Å². The quantitative estimate of drug-likeness (QED) is 0.430. The van der Waals surface area contributed by atoms with Crippen molar-refractivity contribution < 1.29 is 32.7 Å². The first kappa shape index (κ1) is 29.6. The predicted octanol–water partition coefficient (Wildman–Crippen LogP) is 5.84. The topological polar surface area (TPSA) is 105 Å². The molecule has 2 aromatic rings. The van der Waals surface area contributed by atoms with E-state index >= 15 is 0 Å². The minimum absolute atomic E-state index is 0.00218. The molecule has 1 aliphatic rings. The molecule has 3 rings (SSSR count). The second-order valence-corrected chi connectivity index (χ2v) is 11.8. The summed E-state index contributed by atoms with van der Waals surface area (Å²) in [4.78, 5) is 43.4. The van der Waals surface area contributed by atoms with Gasteiger partial charge in [0, 0.05) is 24.5 Å². The van der Waals surface area contributed by atoms with Crippen molar-refractivity contribution >= 4 is 29.3 Å². The molecule has 0 bridgehead atoms. The van der Waals surface area contributed by atoms with E-state index in [9.17, 15) is 32.7 Å². The maximum atomic E-state index is 14.4. The van der Waals surface area contributed by atoms with E-state index in [0.29, 0.717) is 5.56 Å². The number of pyridine rings is 1. The average Bonchev–Trinajstić information content (AvgIpc) is 3.23. The van der Waals surface area contributed by atoms with Crippen molar-refractivity contribution in [3.63, 3.8) is 0 Å². The summed E-state index contributed by atoms with van der Waals surface area (Å²) in [6, 6.07) is -0.712. The normalized spacial score (nSPS) is 20.3. The van der Waals surface area contributed by atoms with Gasteiger partial charge in [-0.1, -0.05) is 32.4 Å². The highest BCUT2D eigenvalue weighted by Gasteiger charge is 2.45. The Hall–Kier alpha value is -2.95. The third-order valence-corrected chi connectivity index (χ3v) is 7.16. The van der Waals surface area contributed by atoms with Gasteiger partial charge in [0.25, 0.3) is 5.91 Å². The van der Waals surface area contributed by atoms with Gasteiger partial charge in [0.2, 0.25) is 0 Å². The van der Waals surface area contributed by atoms with Crippen molar-refractivity contribution in [3.05, 3.63) is 46.0 Å². The molecule has 38 heavy (non-hydrogen) atoms. The smallest absolute Gasteiger partial charge is 0.433 e. The first-order valence-electron chi connectivity index (χ1n) is 12.3. The Labute approximate surface area is 224 Å². The van der Waals surface area contributed by atoms with E-state index in [1.807, 2.05) is 0 Å². The van der Waals surface area contributed by atoms with Crippen LogP contribution in [0, 0.1) is 17.8 Å². The number of rotatable bonds is 7. The van der Waals surface area contributed by atoms with Crippen LogP contribution in [0.25, 0.3) is 0 Å². The Morgan fingerprint density at radius 1 is 1.16 bits per heavy atom. The molecule has 0 saturated heterocycles. The molecule has 0 spiro atoms. The summed E-state index contributed by atoms with van der Waals surface area (Å²) in [5.74, 6) is -2.48. The van der Waals surface area contributed by atoms with E-state index in [1.165, 1.54) is 12.4 Å². The molecule has 208 valence electrons. The van der Waals surface area contributed by atoms with Crippen molar-refractivity contribution in [2.24, 2.45) is 10.8 Å². The van der Waals surface area contributed by atoms with Crippen LogP contribution < -0.4 is 0 Å². The lowest BCUT2D eigenvalue weighted by Gasteiger charge is -2.34. The minimum atomic E-state index is -4.91. The van der Waals surface area contributed by atoms with E-state index in [-0.39, 0.29) is 42.8 Å². The summed E-state index contributed by atoms with van der Waals surface area (Å²) in [5.41, 5.74) is -2.76. The number of alkyl halides is 3. The number of amides is 1. The van der Waals surface area contributed by atoms with Crippen LogP contribution in [0.15, 0.2) is 18.6 Å². The van der Waals surface area contributed by atoms with Gasteiger partial charge in [0.15, 0.2) is 11.5 Å². The zero-order valence-corrected chi connectivity index (χ0v) is 22.8. The van der Waals surface area contributed by atoms with E-state index in [4.69, 9.17) is 11.6 Å². The molecular formula is C26H32ClF3N4O4. The Morgan fingerprint density at radius 2 is 1.76 bits per heavy atom. The number of carbonyl (C=O) groups excluding carboxylic acids is 2. The number of carboxylic acids is 1. The molecule has 1 aliphatic carbocycles. The number of ketones is 1. The Balaban J connectivity index is 1.98. The van der Waals surface area contributed by atoms with Gasteiger partial charge >= 0.3 is 12.1 Å². The molecule has 1 fully saturated rings. The van der Waals surface area contributed by atoms with E-state index < -0.39 is 58.5 Å². The first-order valence-corrected chi connectivity index (χ1v) is 12.6. The summed E-state index contributed by atoms with van der Waals surface area (Å²) in [7, 11) is 0. The van der Waals surface area contributed by atoms with Crippen LogP contribution >= 0.6 is 11.6 Å². The average molecular weight is 557 g/mol. The molecule has 2 heterocycles.